The number of carbonyl (C=O) groups excluding carboxylic acids is 2. The summed E-state index contributed by atoms with van der Waals surface area (Å²) < 4.78 is 19.0. The predicted octanol–water partition coefficient (Wildman–Crippen LogP) is 5.14. The smallest absolute Gasteiger partial charge is 0.412 e. The number of hydrogen-bond donors (Lipinski definition) is 3. The highest BCUT2D eigenvalue weighted by Crippen LogP contribution is 2.26. The van der Waals surface area contributed by atoms with Crippen molar-refractivity contribution in [3.63, 3.8) is 0 Å². The summed E-state index contributed by atoms with van der Waals surface area (Å²) in [5.41, 5.74) is 2.46. The van der Waals surface area contributed by atoms with E-state index in [9.17, 15) is 14.0 Å². The van der Waals surface area contributed by atoms with E-state index < -0.39 is 17.5 Å². The van der Waals surface area contributed by atoms with E-state index in [0.29, 0.717) is 0 Å². The molecule has 0 fully saturated rings. The molecule has 0 saturated heterocycles. The highest BCUT2D eigenvalue weighted by molar-refractivity contribution is 6.00. The number of halogens is 1. The Bertz CT molecular complexity index is 1070. The number of carbonyl (C=O) groups is 2. The Kier molecular flexibility index (Phi) is 5.59. The second-order valence-corrected chi connectivity index (χ2v) is 7.82. The molecule has 3 N–H and O–H groups in total. The van der Waals surface area contributed by atoms with Crippen LogP contribution in [0.3, 0.4) is 0 Å². The first-order chi connectivity index (χ1) is 13.6. The molecule has 0 radical (unpaired) electrons. The minimum atomic E-state index is -0.688. The zero-order valence-corrected chi connectivity index (χ0v) is 16.9. The molecule has 0 saturated carbocycles. The van der Waals surface area contributed by atoms with Crippen molar-refractivity contribution in [3.05, 3.63) is 59.5 Å². The highest BCUT2D eigenvalue weighted by atomic mass is 19.1. The van der Waals surface area contributed by atoms with Gasteiger partial charge in [-0.1, -0.05) is 18.2 Å². The number of aryl methyl sites for hydroxylation is 1. The lowest BCUT2D eigenvalue weighted by atomic mass is 10.1. The molecular formula is C22H24FN3O3. The number of H-pyrrole nitrogens is 1. The number of nitrogens with one attached hydrogen (secondary N) is 3. The summed E-state index contributed by atoms with van der Waals surface area (Å²) >= 11 is 0. The molecule has 2 amide bonds. The molecule has 0 unspecified atom stereocenters. The van der Waals surface area contributed by atoms with Crippen molar-refractivity contribution in [1.29, 1.82) is 0 Å². The first-order valence-corrected chi connectivity index (χ1v) is 9.28. The van der Waals surface area contributed by atoms with Crippen LogP contribution >= 0.6 is 0 Å². The Morgan fingerprint density at radius 1 is 1.07 bits per heavy atom. The molecule has 1 heterocycles. The van der Waals surface area contributed by atoms with Crippen molar-refractivity contribution in [2.45, 2.75) is 39.7 Å². The number of aromatic amines is 1. The Morgan fingerprint density at radius 3 is 2.52 bits per heavy atom. The van der Waals surface area contributed by atoms with Gasteiger partial charge in [0.2, 0.25) is 5.91 Å². The summed E-state index contributed by atoms with van der Waals surface area (Å²) in [7, 11) is 0. The lowest BCUT2D eigenvalue weighted by molar-refractivity contribution is -0.115. The van der Waals surface area contributed by atoms with Crippen LogP contribution in [0.2, 0.25) is 0 Å². The molecule has 0 aliphatic heterocycles. The quantitative estimate of drug-likeness (QED) is 0.570. The molecule has 3 rings (SSSR count). The van der Waals surface area contributed by atoms with Gasteiger partial charge in [-0.15, -0.1) is 0 Å². The lowest BCUT2D eigenvalue weighted by Gasteiger charge is -2.20. The fourth-order valence-electron chi connectivity index (χ4n) is 3.06. The Morgan fingerprint density at radius 2 is 1.79 bits per heavy atom. The van der Waals surface area contributed by atoms with Gasteiger partial charge in [0.15, 0.2) is 0 Å². The van der Waals surface area contributed by atoms with E-state index in [0.717, 1.165) is 28.2 Å². The summed E-state index contributed by atoms with van der Waals surface area (Å²) in [5, 5.41) is 6.20. The van der Waals surface area contributed by atoms with Gasteiger partial charge in [0, 0.05) is 16.6 Å². The molecule has 0 aliphatic carbocycles. The van der Waals surface area contributed by atoms with E-state index >= 15 is 0 Å². The molecule has 0 spiro atoms. The molecule has 6 nitrogen and oxygen atoms in total. The SMILES string of the molecule is Cc1[nH]c2ccccc2c1CC(=O)Nc1cc(F)ccc1NC(=O)OC(C)(C)C. The summed E-state index contributed by atoms with van der Waals surface area (Å²) in [6, 6.07) is 11.5. The number of aromatic nitrogens is 1. The molecule has 2 aromatic carbocycles. The summed E-state index contributed by atoms with van der Waals surface area (Å²) in [5.74, 6) is -0.853. The second kappa shape index (κ2) is 7.95. The average molecular weight is 397 g/mol. The van der Waals surface area contributed by atoms with E-state index in [1.54, 1.807) is 20.8 Å². The third-order valence-corrected chi connectivity index (χ3v) is 4.26. The molecule has 7 heteroatoms. The van der Waals surface area contributed by atoms with Crippen LogP contribution in [0.5, 0.6) is 0 Å². The van der Waals surface area contributed by atoms with Crippen molar-refractivity contribution in [2.75, 3.05) is 10.6 Å². The van der Waals surface area contributed by atoms with Gasteiger partial charge in [-0.2, -0.15) is 0 Å². The van der Waals surface area contributed by atoms with Gasteiger partial charge < -0.3 is 15.0 Å². The standard InChI is InChI=1S/C22H24FN3O3/c1-13-16(15-7-5-6-8-17(15)24-13)12-20(27)25-19-11-14(23)9-10-18(19)26-21(28)29-22(2,3)4/h5-11,24H,12H2,1-4H3,(H,25,27)(H,26,28). The third-order valence-electron chi connectivity index (χ3n) is 4.26. The minimum Gasteiger partial charge on any atom is -0.444 e. The van der Waals surface area contributed by atoms with Crippen LogP contribution in [0, 0.1) is 12.7 Å². The largest absolute Gasteiger partial charge is 0.444 e. The van der Waals surface area contributed by atoms with E-state index in [1.807, 2.05) is 31.2 Å². The third kappa shape index (κ3) is 5.13. The van der Waals surface area contributed by atoms with Crippen LogP contribution in [0.15, 0.2) is 42.5 Å². The minimum absolute atomic E-state index is 0.109. The summed E-state index contributed by atoms with van der Waals surface area (Å²) in [6.07, 6.45) is -0.579. The van der Waals surface area contributed by atoms with Gasteiger partial charge in [-0.05, 0) is 57.5 Å². The fraction of sp³-hybridized carbons (Fsp3) is 0.273. The Hall–Kier alpha value is -3.35. The maximum atomic E-state index is 13.8. The number of benzene rings is 2. The van der Waals surface area contributed by atoms with Gasteiger partial charge in [0.1, 0.15) is 11.4 Å². The van der Waals surface area contributed by atoms with Gasteiger partial charge in [0.25, 0.3) is 0 Å². The Balaban J connectivity index is 1.78. The molecule has 152 valence electrons. The maximum absolute atomic E-state index is 13.8. The van der Waals surface area contributed by atoms with Crippen molar-refractivity contribution in [1.82, 2.24) is 4.98 Å². The van der Waals surface area contributed by atoms with Crippen LogP contribution in [-0.4, -0.2) is 22.6 Å². The number of para-hydroxylation sites is 1. The van der Waals surface area contributed by atoms with Crippen LogP contribution in [0.4, 0.5) is 20.6 Å². The predicted molar refractivity (Wildman–Crippen MR) is 112 cm³/mol. The zero-order valence-electron chi connectivity index (χ0n) is 16.9. The van der Waals surface area contributed by atoms with E-state index in [-0.39, 0.29) is 23.7 Å². The normalized spacial score (nSPS) is 11.3. The van der Waals surface area contributed by atoms with E-state index in [1.165, 1.54) is 12.1 Å². The van der Waals surface area contributed by atoms with Crippen LogP contribution < -0.4 is 10.6 Å². The van der Waals surface area contributed by atoms with Crippen molar-refractivity contribution in [3.8, 4) is 0 Å². The van der Waals surface area contributed by atoms with Gasteiger partial charge >= 0.3 is 6.09 Å². The number of anilines is 2. The van der Waals surface area contributed by atoms with Gasteiger partial charge in [0.05, 0.1) is 17.8 Å². The summed E-state index contributed by atoms with van der Waals surface area (Å²) in [6.45, 7) is 7.12. The molecule has 1 aromatic heterocycles. The van der Waals surface area contributed by atoms with Crippen LogP contribution in [0.1, 0.15) is 32.0 Å². The van der Waals surface area contributed by atoms with E-state index in [4.69, 9.17) is 4.74 Å². The fourth-order valence-corrected chi connectivity index (χ4v) is 3.06. The topological polar surface area (TPSA) is 83.2 Å². The van der Waals surface area contributed by atoms with Gasteiger partial charge in [-0.25, -0.2) is 9.18 Å². The average Bonchev–Trinajstić information content (AvgIpc) is 2.91. The van der Waals surface area contributed by atoms with Crippen LogP contribution in [-0.2, 0) is 16.0 Å². The summed E-state index contributed by atoms with van der Waals surface area (Å²) in [4.78, 5) is 28.0. The first-order valence-electron chi connectivity index (χ1n) is 9.28. The Labute approximate surface area is 168 Å². The number of amides is 2. The molecule has 0 aliphatic rings. The van der Waals surface area contributed by atoms with E-state index in [2.05, 4.69) is 15.6 Å². The molecule has 29 heavy (non-hydrogen) atoms. The number of rotatable bonds is 4. The monoisotopic (exact) mass is 397 g/mol. The van der Waals surface area contributed by atoms with Crippen LogP contribution in [0.25, 0.3) is 10.9 Å². The van der Waals surface area contributed by atoms with Crippen molar-refractivity contribution < 1.29 is 18.7 Å². The first kappa shape index (κ1) is 20.4. The molecule has 3 aromatic rings. The maximum Gasteiger partial charge on any atom is 0.412 e. The number of fused-ring (bicyclic) bond motifs is 1. The van der Waals surface area contributed by atoms with Gasteiger partial charge in [-0.3, -0.25) is 10.1 Å². The lowest BCUT2D eigenvalue weighted by Crippen LogP contribution is -2.27. The zero-order chi connectivity index (χ0) is 21.2. The van der Waals surface area contributed by atoms with Crippen molar-refractivity contribution >= 4 is 34.3 Å². The van der Waals surface area contributed by atoms with Crippen molar-refractivity contribution in [2.24, 2.45) is 0 Å². The number of ether oxygens (including phenoxy) is 1. The molecule has 0 bridgehead atoms. The number of hydrogen-bond acceptors (Lipinski definition) is 3. The molecule has 0 atom stereocenters. The molecular weight excluding hydrogens is 373 g/mol. The highest BCUT2D eigenvalue weighted by Gasteiger charge is 2.19. The second-order valence-electron chi connectivity index (χ2n) is 7.82.